The minimum absolute atomic E-state index is 0.00528. The molecule has 36 heavy (non-hydrogen) atoms. The molecule has 182 valence electrons. The van der Waals surface area contributed by atoms with E-state index in [0.717, 1.165) is 38.6 Å². The van der Waals surface area contributed by atoms with Crippen molar-refractivity contribution in [3.8, 4) is 0 Å². The molecule has 3 aliphatic rings. The van der Waals surface area contributed by atoms with Gasteiger partial charge in [-0.15, -0.1) is 0 Å². The van der Waals surface area contributed by atoms with Crippen LogP contribution in [0.5, 0.6) is 0 Å². The van der Waals surface area contributed by atoms with Crippen LogP contribution >= 0.6 is 11.8 Å². The Bertz CT molecular complexity index is 1420. The molecule has 0 radical (unpaired) electrons. The molecule has 0 bridgehead atoms. The van der Waals surface area contributed by atoms with Crippen molar-refractivity contribution in [2.75, 3.05) is 16.9 Å². The highest BCUT2D eigenvalue weighted by atomic mass is 32.2. The molecule has 1 spiro atoms. The summed E-state index contributed by atoms with van der Waals surface area (Å²) in [5.41, 5.74) is 3.86. The molecule has 0 saturated carbocycles. The summed E-state index contributed by atoms with van der Waals surface area (Å²) in [6, 6.07) is 20.0. The number of thioether (sulfide) groups is 1. The third-order valence-corrected chi connectivity index (χ3v) is 9.17. The Labute approximate surface area is 213 Å². The highest BCUT2D eigenvalue weighted by molar-refractivity contribution is 7.99. The van der Waals surface area contributed by atoms with E-state index in [9.17, 15) is 19.7 Å². The van der Waals surface area contributed by atoms with Gasteiger partial charge in [-0.3, -0.25) is 19.7 Å². The van der Waals surface area contributed by atoms with Crippen LogP contribution in [0.4, 0.5) is 11.4 Å². The van der Waals surface area contributed by atoms with E-state index in [4.69, 9.17) is 0 Å². The number of ketones is 1. The van der Waals surface area contributed by atoms with Crippen molar-refractivity contribution >= 4 is 34.8 Å². The number of hydrogen-bond acceptors (Lipinski definition) is 5. The molecule has 5 atom stereocenters. The van der Waals surface area contributed by atoms with Crippen molar-refractivity contribution in [3.63, 3.8) is 0 Å². The topological polar surface area (TPSA) is 93.8 Å². The van der Waals surface area contributed by atoms with Crippen LogP contribution in [0, 0.1) is 29.9 Å². The van der Waals surface area contributed by atoms with Crippen molar-refractivity contribution in [3.05, 3.63) is 105 Å². The first-order valence-corrected chi connectivity index (χ1v) is 13.2. The van der Waals surface area contributed by atoms with Crippen molar-refractivity contribution in [1.82, 2.24) is 0 Å². The van der Waals surface area contributed by atoms with Gasteiger partial charge in [-0.05, 0) is 31.5 Å². The average molecular weight is 501 g/mol. The molecule has 3 aliphatic heterocycles. The van der Waals surface area contributed by atoms with Gasteiger partial charge in [0.25, 0.3) is 11.6 Å². The second-order valence-corrected chi connectivity index (χ2v) is 11.1. The summed E-state index contributed by atoms with van der Waals surface area (Å²) in [5.74, 6) is 0.157. The summed E-state index contributed by atoms with van der Waals surface area (Å²) in [6.07, 6.45) is 0. The lowest BCUT2D eigenvalue weighted by Gasteiger charge is -2.33. The van der Waals surface area contributed by atoms with Gasteiger partial charge < -0.3 is 10.2 Å². The first kappa shape index (κ1) is 22.9. The standard InChI is InChI=1S/C28H25N3O4S/c1-16-6-9-18(10-7-16)26(32)25-24(19-4-3-5-20(13-19)31(34)35)23-14-36-15-30(23)28(25)21-12-17(2)8-11-22(21)29-27(28)33/h3-13,23-25H,14-15H2,1-2H3,(H,29,33)/p+1/t23?,24?,25?,28-/m1/s1. The van der Waals surface area contributed by atoms with Crippen LogP contribution in [0.25, 0.3) is 0 Å². The van der Waals surface area contributed by atoms with Crippen LogP contribution in [0.15, 0.2) is 66.7 Å². The van der Waals surface area contributed by atoms with E-state index in [1.807, 2.05) is 62.4 Å². The molecule has 3 heterocycles. The van der Waals surface area contributed by atoms with Gasteiger partial charge in [0.15, 0.2) is 5.78 Å². The Morgan fingerprint density at radius 2 is 1.83 bits per heavy atom. The summed E-state index contributed by atoms with van der Waals surface area (Å²) >= 11 is 1.77. The second-order valence-electron chi connectivity index (χ2n) is 10.0. The Kier molecular flexibility index (Phi) is 5.28. The lowest BCUT2D eigenvalue weighted by molar-refractivity contribution is -0.941. The number of quaternary nitrogens is 1. The number of carbonyl (C=O) groups is 2. The van der Waals surface area contributed by atoms with Gasteiger partial charge in [0, 0.05) is 23.3 Å². The molecule has 0 aromatic heterocycles. The Hall–Kier alpha value is -3.49. The molecule has 0 aliphatic carbocycles. The largest absolute Gasteiger partial charge is 0.320 e. The summed E-state index contributed by atoms with van der Waals surface area (Å²) < 4.78 is 0. The number of amides is 1. The maximum absolute atomic E-state index is 14.5. The number of hydrogen-bond donors (Lipinski definition) is 2. The fourth-order valence-electron chi connectivity index (χ4n) is 6.52. The van der Waals surface area contributed by atoms with Gasteiger partial charge in [-0.1, -0.05) is 65.4 Å². The van der Waals surface area contributed by atoms with Crippen molar-refractivity contribution in [2.24, 2.45) is 5.92 Å². The summed E-state index contributed by atoms with van der Waals surface area (Å²) in [5, 5.41) is 14.7. The zero-order valence-corrected chi connectivity index (χ0v) is 20.8. The van der Waals surface area contributed by atoms with E-state index in [1.165, 1.54) is 6.07 Å². The van der Waals surface area contributed by atoms with Gasteiger partial charge in [-0.25, -0.2) is 0 Å². The number of carbonyl (C=O) groups excluding carboxylic acids is 2. The molecule has 2 fully saturated rings. The van der Waals surface area contributed by atoms with E-state index in [0.29, 0.717) is 11.4 Å². The number of nitro groups is 1. The molecule has 2 N–H and O–H groups in total. The van der Waals surface area contributed by atoms with Gasteiger partial charge in [-0.2, -0.15) is 0 Å². The van der Waals surface area contributed by atoms with Crippen LogP contribution in [-0.4, -0.2) is 34.3 Å². The van der Waals surface area contributed by atoms with Crippen molar-refractivity contribution in [2.45, 2.75) is 31.3 Å². The smallest absolute Gasteiger partial charge is 0.291 e. The van der Waals surface area contributed by atoms with Crippen molar-refractivity contribution < 1.29 is 19.4 Å². The molecule has 3 aromatic rings. The molecule has 8 heteroatoms. The third kappa shape index (κ3) is 3.17. The van der Waals surface area contributed by atoms with Crippen LogP contribution in [0.2, 0.25) is 0 Å². The van der Waals surface area contributed by atoms with E-state index in [1.54, 1.807) is 23.9 Å². The van der Waals surface area contributed by atoms with E-state index in [-0.39, 0.29) is 29.3 Å². The number of anilines is 1. The molecule has 6 rings (SSSR count). The number of aryl methyl sites for hydroxylation is 2. The number of non-ortho nitro benzene ring substituents is 1. The lowest BCUT2D eigenvalue weighted by atomic mass is 9.69. The number of nitro benzene ring substituents is 1. The molecule has 7 nitrogen and oxygen atoms in total. The number of nitrogens with one attached hydrogen (secondary N) is 2. The van der Waals surface area contributed by atoms with E-state index >= 15 is 0 Å². The van der Waals surface area contributed by atoms with Crippen LogP contribution < -0.4 is 10.2 Å². The first-order chi connectivity index (χ1) is 17.3. The highest BCUT2D eigenvalue weighted by Gasteiger charge is 2.73. The van der Waals surface area contributed by atoms with Crippen molar-refractivity contribution in [1.29, 1.82) is 0 Å². The fraction of sp³-hybridized carbons (Fsp3) is 0.286. The molecular formula is C28H26N3O4S+. The minimum Gasteiger partial charge on any atom is -0.320 e. The zero-order chi connectivity index (χ0) is 25.2. The minimum atomic E-state index is -1.10. The fourth-order valence-corrected chi connectivity index (χ4v) is 7.97. The monoisotopic (exact) mass is 500 g/mol. The maximum atomic E-state index is 14.5. The Balaban J connectivity index is 1.62. The van der Waals surface area contributed by atoms with Crippen LogP contribution in [0.3, 0.4) is 0 Å². The zero-order valence-electron chi connectivity index (χ0n) is 20.0. The predicted molar refractivity (Wildman–Crippen MR) is 138 cm³/mol. The number of nitrogens with zero attached hydrogens (tertiary/aromatic N) is 1. The second kappa shape index (κ2) is 8.28. The normalized spacial score (nSPS) is 28.1. The quantitative estimate of drug-likeness (QED) is 0.324. The number of rotatable bonds is 4. The molecule has 3 aromatic carbocycles. The highest BCUT2D eigenvalue weighted by Crippen LogP contribution is 2.52. The van der Waals surface area contributed by atoms with Crippen LogP contribution in [-0.2, 0) is 10.3 Å². The number of fused-ring (bicyclic) bond motifs is 4. The first-order valence-electron chi connectivity index (χ1n) is 12.0. The maximum Gasteiger partial charge on any atom is 0.291 e. The lowest BCUT2D eigenvalue weighted by Crippen LogP contribution is -3.19. The third-order valence-electron chi connectivity index (χ3n) is 8.06. The van der Waals surface area contributed by atoms with Crippen LogP contribution in [0.1, 0.15) is 38.5 Å². The molecule has 1 amide bonds. The van der Waals surface area contributed by atoms with E-state index in [2.05, 4.69) is 5.32 Å². The van der Waals surface area contributed by atoms with E-state index < -0.39 is 16.4 Å². The number of benzene rings is 3. The molecule has 4 unspecified atom stereocenters. The molecular weight excluding hydrogens is 474 g/mol. The summed E-state index contributed by atoms with van der Waals surface area (Å²) in [4.78, 5) is 40.8. The molecule has 2 saturated heterocycles. The average Bonchev–Trinajstić information content (AvgIpc) is 3.52. The number of Topliss-reactive ketones (excluding diaryl/α,β-unsaturated/α-hetero) is 1. The summed E-state index contributed by atoms with van der Waals surface area (Å²) in [7, 11) is 0. The predicted octanol–water partition coefficient (Wildman–Crippen LogP) is 3.61. The Morgan fingerprint density at radius 1 is 1.08 bits per heavy atom. The summed E-state index contributed by atoms with van der Waals surface area (Å²) in [6.45, 7) is 3.96. The SMILES string of the molecule is Cc1ccc(C(=O)C2C(c3cccc([N+](=O)[O-])c3)C3CSC[NH+]3[C@@]23C(=O)Nc2ccc(C)cc23)cc1. The van der Waals surface area contributed by atoms with Gasteiger partial charge in [0.05, 0.1) is 22.3 Å². The Morgan fingerprint density at radius 3 is 2.58 bits per heavy atom. The van der Waals surface area contributed by atoms with Gasteiger partial charge in [0.1, 0.15) is 17.8 Å². The van der Waals surface area contributed by atoms with Gasteiger partial charge in [0.2, 0.25) is 5.54 Å². The van der Waals surface area contributed by atoms with Gasteiger partial charge >= 0.3 is 0 Å².